The summed E-state index contributed by atoms with van der Waals surface area (Å²) in [6.07, 6.45) is 3.60. The molecular weight excluding hydrogens is 247 g/mol. The van der Waals surface area contributed by atoms with Gasteiger partial charge in [0.2, 0.25) is 0 Å². The van der Waals surface area contributed by atoms with Gasteiger partial charge in [-0.2, -0.15) is 0 Å². The Balaban J connectivity index is 2.20. The molecule has 0 bridgehead atoms. The molecule has 2 nitrogen and oxygen atoms in total. The van der Waals surface area contributed by atoms with E-state index >= 15 is 0 Å². The number of rotatable bonds is 6. The minimum Gasteiger partial charge on any atom is -0.389 e. The Morgan fingerprint density at radius 2 is 2.22 bits per heavy atom. The summed E-state index contributed by atoms with van der Waals surface area (Å²) in [6.45, 7) is 3.94. The number of hydrogen-bond acceptors (Lipinski definition) is 2. The van der Waals surface area contributed by atoms with Crippen molar-refractivity contribution >= 4 is 17.2 Å². The molecule has 0 aromatic heterocycles. The van der Waals surface area contributed by atoms with E-state index in [4.69, 9.17) is 18.0 Å². The van der Waals surface area contributed by atoms with Crippen molar-refractivity contribution in [3.8, 4) is 0 Å². The third kappa shape index (κ3) is 3.27. The molecular formula is C14H19FN2S. The van der Waals surface area contributed by atoms with Crippen molar-refractivity contribution in [2.75, 3.05) is 6.54 Å². The summed E-state index contributed by atoms with van der Waals surface area (Å²) in [6, 6.07) is 5.32. The highest BCUT2D eigenvalue weighted by atomic mass is 32.1. The fraction of sp³-hybridized carbons (Fsp3) is 0.500. The Bertz CT molecular complexity index is 443. The van der Waals surface area contributed by atoms with E-state index in [1.807, 2.05) is 0 Å². The van der Waals surface area contributed by atoms with Gasteiger partial charge in [-0.1, -0.05) is 19.1 Å². The highest BCUT2D eigenvalue weighted by molar-refractivity contribution is 7.80. The smallest absolute Gasteiger partial charge is 0.123 e. The van der Waals surface area contributed by atoms with Crippen molar-refractivity contribution in [3.05, 3.63) is 35.1 Å². The number of benzene rings is 1. The van der Waals surface area contributed by atoms with Crippen LogP contribution in [0.15, 0.2) is 18.2 Å². The molecule has 0 unspecified atom stereocenters. The van der Waals surface area contributed by atoms with Crippen LogP contribution in [-0.2, 0) is 6.54 Å². The van der Waals surface area contributed by atoms with Crippen molar-refractivity contribution in [3.63, 3.8) is 0 Å². The molecule has 0 amide bonds. The second-order valence-corrected chi connectivity index (χ2v) is 5.31. The van der Waals surface area contributed by atoms with Gasteiger partial charge in [-0.05, 0) is 49.6 Å². The van der Waals surface area contributed by atoms with Gasteiger partial charge < -0.3 is 5.73 Å². The molecule has 4 heteroatoms. The molecule has 0 saturated heterocycles. The zero-order valence-corrected chi connectivity index (χ0v) is 11.5. The Hall–Kier alpha value is -1.00. The van der Waals surface area contributed by atoms with E-state index in [1.165, 1.54) is 18.9 Å². The highest BCUT2D eigenvalue weighted by Gasteiger charge is 2.28. The van der Waals surface area contributed by atoms with E-state index < -0.39 is 0 Å². The van der Waals surface area contributed by atoms with Crippen molar-refractivity contribution in [1.29, 1.82) is 0 Å². The summed E-state index contributed by atoms with van der Waals surface area (Å²) in [5.41, 5.74) is 7.40. The zero-order valence-electron chi connectivity index (χ0n) is 10.7. The molecule has 0 aliphatic heterocycles. The lowest BCUT2D eigenvalue weighted by atomic mass is 10.1. The Morgan fingerprint density at radius 3 is 2.78 bits per heavy atom. The topological polar surface area (TPSA) is 29.3 Å². The lowest BCUT2D eigenvalue weighted by Crippen LogP contribution is -2.28. The standard InChI is InChI=1S/C14H19FN2S/c1-2-7-17(12-4-5-12)9-10-8-11(15)3-6-13(10)14(16)18/h3,6,8,12H,2,4-5,7,9H2,1H3,(H2,16,18). The molecule has 0 radical (unpaired) electrons. The quantitative estimate of drug-likeness (QED) is 0.803. The molecule has 18 heavy (non-hydrogen) atoms. The van der Waals surface area contributed by atoms with Crippen molar-refractivity contribution in [2.45, 2.75) is 38.8 Å². The van der Waals surface area contributed by atoms with E-state index in [0.717, 1.165) is 30.6 Å². The van der Waals surface area contributed by atoms with Gasteiger partial charge in [-0.3, -0.25) is 4.90 Å². The molecule has 2 N–H and O–H groups in total. The van der Waals surface area contributed by atoms with Crippen LogP contribution in [-0.4, -0.2) is 22.5 Å². The van der Waals surface area contributed by atoms with Gasteiger partial charge in [0.25, 0.3) is 0 Å². The first kappa shape index (κ1) is 13.4. The van der Waals surface area contributed by atoms with Gasteiger partial charge in [0.15, 0.2) is 0 Å². The minimum atomic E-state index is -0.225. The maximum Gasteiger partial charge on any atom is 0.123 e. The first-order valence-electron chi connectivity index (χ1n) is 6.44. The molecule has 0 spiro atoms. The first-order chi connectivity index (χ1) is 8.61. The minimum absolute atomic E-state index is 0.225. The van der Waals surface area contributed by atoms with Gasteiger partial charge in [0.1, 0.15) is 10.8 Å². The van der Waals surface area contributed by atoms with Crippen LogP contribution in [0, 0.1) is 5.82 Å². The van der Waals surface area contributed by atoms with Crippen molar-refractivity contribution in [1.82, 2.24) is 4.90 Å². The Morgan fingerprint density at radius 1 is 1.50 bits per heavy atom. The van der Waals surface area contributed by atoms with Crippen molar-refractivity contribution < 1.29 is 4.39 Å². The summed E-state index contributed by atoms with van der Waals surface area (Å²) in [7, 11) is 0. The monoisotopic (exact) mass is 266 g/mol. The van der Waals surface area contributed by atoms with E-state index in [2.05, 4.69) is 11.8 Å². The number of nitrogens with zero attached hydrogens (tertiary/aromatic N) is 1. The van der Waals surface area contributed by atoms with E-state index in [1.54, 1.807) is 12.1 Å². The summed E-state index contributed by atoms with van der Waals surface area (Å²) < 4.78 is 13.4. The summed E-state index contributed by atoms with van der Waals surface area (Å²) in [5.74, 6) is -0.225. The predicted molar refractivity (Wildman–Crippen MR) is 76.0 cm³/mol. The second kappa shape index (κ2) is 5.76. The summed E-state index contributed by atoms with van der Waals surface area (Å²) in [4.78, 5) is 2.74. The van der Waals surface area contributed by atoms with Gasteiger partial charge >= 0.3 is 0 Å². The lowest BCUT2D eigenvalue weighted by Gasteiger charge is -2.22. The van der Waals surface area contributed by atoms with Gasteiger partial charge in [0.05, 0.1) is 0 Å². The van der Waals surface area contributed by atoms with Crippen LogP contribution < -0.4 is 5.73 Å². The number of thiocarbonyl (C=S) groups is 1. The largest absolute Gasteiger partial charge is 0.389 e. The SMILES string of the molecule is CCCN(Cc1cc(F)ccc1C(N)=S)C1CC1. The third-order valence-electron chi connectivity index (χ3n) is 3.28. The first-order valence-corrected chi connectivity index (χ1v) is 6.85. The maximum absolute atomic E-state index is 13.4. The Kier molecular flexibility index (Phi) is 4.30. The fourth-order valence-electron chi connectivity index (χ4n) is 2.27. The van der Waals surface area contributed by atoms with Gasteiger partial charge in [0, 0.05) is 18.2 Å². The third-order valence-corrected chi connectivity index (χ3v) is 3.50. The lowest BCUT2D eigenvalue weighted by molar-refractivity contribution is 0.255. The number of nitrogens with two attached hydrogens (primary N) is 1. The molecule has 1 aliphatic carbocycles. The van der Waals surface area contributed by atoms with Crippen LogP contribution in [0.3, 0.4) is 0 Å². The average molecular weight is 266 g/mol. The normalized spacial score (nSPS) is 15.1. The number of halogens is 1. The fourth-order valence-corrected chi connectivity index (χ4v) is 2.47. The predicted octanol–water partition coefficient (Wildman–Crippen LogP) is 2.83. The second-order valence-electron chi connectivity index (χ2n) is 4.87. The Labute approximate surface area is 113 Å². The molecule has 1 saturated carbocycles. The molecule has 2 rings (SSSR count). The van der Waals surface area contributed by atoms with E-state index in [-0.39, 0.29) is 5.82 Å². The van der Waals surface area contributed by atoms with Crippen LogP contribution in [0.2, 0.25) is 0 Å². The summed E-state index contributed by atoms with van der Waals surface area (Å²) in [5, 5.41) is 0. The van der Waals surface area contributed by atoms with Crippen LogP contribution in [0.25, 0.3) is 0 Å². The molecule has 1 aliphatic rings. The van der Waals surface area contributed by atoms with Crippen molar-refractivity contribution in [2.24, 2.45) is 5.73 Å². The molecule has 1 aromatic carbocycles. The molecule has 0 atom stereocenters. The molecule has 98 valence electrons. The average Bonchev–Trinajstić information content (AvgIpc) is 3.12. The van der Waals surface area contributed by atoms with Gasteiger partial charge in [-0.25, -0.2) is 4.39 Å². The van der Waals surface area contributed by atoms with E-state index in [9.17, 15) is 4.39 Å². The van der Waals surface area contributed by atoms with Crippen LogP contribution in [0.1, 0.15) is 37.3 Å². The molecule has 1 aromatic rings. The molecule has 1 fully saturated rings. The van der Waals surface area contributed by atoms with Crippen LogP contribution in [0.5, 0.6) is 0 Å². The van der Waals surface area contributed by atoms with Gasteiger partial charge in [-0.15, -0.1) is 0 Å². The summed E-state index contributed by atoms with van der Waals surface area (Å²) >= 11 is 5.03. The zero-order chi connectivity index (χ0) is 13.1. The van der Waals surface area contributed by atoms with E-state index in [0.29, 0.717) is 11.0 Å². The van der Waals surface area contributed by atoms with Crippen LogP contribution >= 0.6 is 12.2 Å². The number of hydrogen-bond donors (Lipinski definition) is 1. The molecule has 0 heterocycles. The highest BCUT2D eigenvalue weighted by Crippen LogP contribution is 2.29. The maximum atomic E-state index is 13.4. The van der Waals surface area contributed by atoms with Crippen LogP contribution in [0.4, 0.5) is 4.39 Å².